The maximum Gasteiger partial charge on any atom is 0.326 e. The number of para-hydroxylation sites is 1. The van der Waals surface area contributed by atoms with Crippen molar-refractivity contribution in [3.8, 4) is 0 Å². The largest absolute Gasteiger partial charge is 0.480 e. The number of hydrogen-bond donors (Lipinski definition) is 9. The Morgan fingerprint density at radius 3 is 2.25 bits per heavy atom. The molecule has 220 valence electrons. The van der Waals surface area contributed by atoms with Gasteiger partial charge in [-0.2, -0.15) is 0 Å². The fraction of sp³-hybridized carbons (Fsp3) is 0.500. The molecule has 0 spiro atoms. The van der Waals surface area contributed by atoms with Crippen molar-refractivity contribution in [1.29, 1.82) is 0 Å². The molecule has 40 heavy (non-hydrogen) atoms. The van der Waals surface area contributed by atoms with Gasteiger partial charge in [-0.05, 0) is 50.8 Å². The lowest BCUT2D eigenvalue weighted by molar-refractivity contribution is -0.143. The topological polar surface area (TPSA) is 256 Å². The zero-order chi connectivity index (χ0) is 29.8. The first-order valence-electron chi connectivity index (χ1n) is 13.1. The summed E-state index contributed by atoms with van der Waals surface area (Å²) in [5.41, 5.74) is 18.0. The third-order valence-corrected chi connectivity index (χ3v) is 6.39. The first-order chi connectivity index (χ1) is 18.9. The lowest BCUT2D eigenvalue weighted by atomic mass is 10.0. The van der Waals surface area contributed by atoms with Gasteiger partial charge in [0.25, 0.3) is 0 Å². The monoisotopic (exact) mass is 561 g/mol. The van der Waals surface area contributed by atoms with Crippen LogP contribution in [-0.2, 0) is 30.4 Å². The minimum atomic E-state index is -1.52. The third kappa shape index (κ3) is 9.63. The van der Waals surface area contributed by atoms with Crippen LogP contribution in [0, 0.1) is 0 Å². The van der Waals surface area contributed by atoms with Gasteiger partial charge in [0.2, 0.25) is 23.6 Å². The number of nitrogens with one attached hydrogen (secondary N) is 4. The number of unbranched alkanes of at least 4 members (excludes halogenated alkanes) is 1. The fourth-order valence-electron chi connectivity index (χ4n) is 4.11. The van der Waals surface area contributed by atoms with Gasteiger partial charge in [0.1, 0.15) is 18.1 Å². The number of carboxylic acids is 1. The highest BCUT2D eigenvalue weighted by molar-refractivity contribution is 5.95. The molecule has 0 fully saturated rings. The Morgan fingerprint density at radius 2 is 1.62 bits per heavy atom. The molecule has 12 N–H and O–H groups in total. The van der Waals surface area contributed by atoms with Gasteiger partial charge in [0.15, 0.2) is 0 Å². The molecule has 1 heterocycles. The maximum atomic E-state index is 13.4. The number of carbonyl (C=O) groups excluding carboxylic acids is 4. The van der Waals surface area contributed by atoms with Crippen LogP contribution in [0.4, 0.5) is 0 Å². The highest BCUT2D eigenvalue weighted by Crippen LogP contribution is 2.19. The molecule has 0 saturated carbocycles. The molecular formula is C26H39N7O7. The lowest BCUT2D eigenvalue weighted by Gasteiger charge is -2.26. The summed E-state index contributed by atoms with van der Waals surface area (Å²) in [4.78, 5) is 64.9. The SMILES string of the molecule is CC(O)C(NC(=O)C(Cc1c[nH]c2ccccc12)NC(=O)C(N)CCC(N)=O)C(=O)NC(CCCCN)C(=O)O. The second kappa shape index (κ2) is 15.5. The molecule has 2 rings (SSSR count). The molecule has 0 aliphatic heterocycles. The van der Waals surface area contributed by atoms with Crippen molar-refractivity contribution in [2.24, 2.45) is 17.2 Å². The molecule has 5 atom stereocenters. The predicted molar refractivity (Wildman–Crippen MR) is 146 cm³/mol. The standard InChI is InChI=1S/C26H39N7O7/c1-14(34)22(25(38)31-19(26(39)40)8-4-5-11-27)33-24(37)20(32-23(36)17(28)9-10-21(29)35)12-15-13-30-18-7-3-2-6-16(15)18/h2-3,6-7,13-14,17,19-20,22,30,34H,4-5,8-12,27-28H2,1H3,(H2,29,35)(H,31,38)(H,32,36)(H,33,37)(H,39,40). The normalized spacial score (nSPS) is 14.9. The number of aliphatic hydroxyl groups is 1. The van der Waals surface area contributed by atoms with Crippen LogP contribution in [0.15, 0.2) is 30.5 Å². The summed E-state index contributed by atoms with van der Waals surface area (Å²) in [7, 11) is 0. The van der Waals surface area contributed by atoms with Gasteiger partial charge >= 0.3 is 5.97 Å². The summed E-state index contributed by atoms with van der Waals surface area (Å²) in [6.45, 7) is 1.63. The minimum absolute atomic E-state index is 0.00485. The van der Waals surface area contributed by atoms with Crippen LogP contribution in [-0.4, -0.2) is 81.6 Å². The molecule has 2 aromatic rings. The van der Waals surface area contributed by atoms with E-state index < -0.39 is 59.9 Å². The Balaban J connectivity index is 2.24. The van der Waals surface area contributed by atoms with Crippen LogP contribution in [0.1, 0.15) is 44.6 Å². The molecule has 5 unspecified atom stereocenters. The van der Waals surface area contributed by atoms with Crippen molar-refractivity contribution >= 4 is 40.5 Å². The van der Waals surface area contributed by atoms with E-state index in [1.165, 1.54) is 6.92 Å². The first kappa shape index (κ1) is 32.2. The number of aromatic nitrogens is 1. The quantitative estimate of drug-likeness (QED) is 0.100. The molecule has 0 bridgehead atoms. The zero-order valence-electron chi connectivity index (χ0n) is 22.4. The molecule has 0 aliphatic rings. The smallest absolute Gasteiger partial charge is 0.326 e. The number of carbonyl (C=O) groups is 5. The number of carboxylic acid groups (broad SMARTS) is 1. The van der Waals surface area contributed by atoms with Gasteiger partial charge in [0.05, 0.1) is 12.1 Å². The second-order valence-electron chi connectivity index (χ2n) is 9.65. The zero-order valence-corrected chi connectivity index (χ0v) is 22.4. The van der Waals surface area contributed by atoms with E-state index in [1.54, 1.807) is 6.20 Å². The van der Waals surface area contributed by atoms with Crippen LogP contribution in [0.25, 0.3) is 10.9 Å². The Kier molecular flexibility index (Phi) is 12.5. The van der Waals surface area contributed by atoms with E-state index in [9.17, 15) is 34.2 Å². The molecule has 1 aromatic carbocycles. The molecule has 0 radical (unpaired) electrons. The van der Waals surface area contributed by atoms with Gasteiger partial charge in [-0.1, -0.05) is 18.2 Å². The number of H-pyrrole nitrogens is 1. The number of nitrogens with two attached hydrogens (primary N) is 3. The Morgan fingerprint density at radius 1 is 0.950 bits per heavy atom. The van der Waals surface area contributed by atoms with E-state index in [1.807, 2.05) is 24.3 Å². The number of benzene rings is 1. The van der Waals surface area contributed by atoms with Crippen molar-refractivity contribution in [1.82, 2.24) is 20.9 Å². The highest BCUT2D eigenvalue weighted by atomic mass is 16.4. The van der Waals surface area contributed by atoms with E-state index >= 15 is 0 Å². The Hall–Kier alpha value is -4.01. The number of aromatic amines is 1. The predicted octanol–water partition coefficient (Wildman–Crippen LogP) is -1.65. The molecule has 0 aliphatic carbocycles. The van der Waals surface area contributed by atoms with Crippen LogP contribution in [0.3, 0.4) is 0 Å². The van der Waals surface area contributed by atoms with Gasteiger partial charge < -0.3 is 48.3 Å². The van der Waals surface area contributed by atoms with Crippen molar-refractivity contribution in [2.75, 3.05) is 6.54 Å². The van der Waals surface area contributed by atoms with Crippen molar-refractivity contribution < 1.29 is 34.2 Å². The summed E-state index contributed by atoms with van der Waals surface area (Å²) in [5.74, 6) is -4.33. The van der Waals surface area contributed by atoms with E-state index in [2.05, 4.69) is 20.9 Å². The molecule has 1 aromatic heterocycles. The van der Waals surface area contributed by atoms with Gasteiger partial charge in [-0.3, -0.25) is 19.2 Å². The summed E-state index contributed by atoms with van der Waals surface area (Å²) in [6.07, 6.45) is 1.24. The van der Waals surface area contributed by atoms with Crippen LogP contribution in [0.5, 0.6) is 0 Å². The van der Waals surface area contributed by atoms with Gasteiger partial charge in [-0.25, -0.2) is 4.79 Å². The average Bonchev–Trinajstić information content (AvgIpc) is 3.31. The minimum Gasteiger partial charge on any atom is -0.480 e. The highest BCUT2D eigenvalue weighted by Gasteiger charge is 2.33. The molecule has 14 heteroatoms. The van der Waals surface area contributed by atoms with Gasteiger partial charge in [0, 0.05) is 29.9 Å². The number of rotatable bonds is 17. The molecule has 4 amide bonds. The van der Waals surface area contributed by atoms with Crippen LogP contribution in [0.2, 0.25) is 0 Å². The van der Waals surface area contributed by atoms with Crippen molar-refractivity contribution in [3.05, 3.63) is 36.0 Å². The summed E-state index contributed by atoms with van der Waals surface area (Å²) in [5, 5.41) is 27.9. The molecular weight excluding hydrogens is 522 g/mol. The summed E-state index contributed by atoms with van der Waals surface area (Å²) < 4.78 is 0. The van der Waals surface area contributed by atoms with E-state index in [0.717, 1.165) is 10.9 Å². The van der Waals surface area contributed by atoms with Crippen LogP contribution < -0.4 is 33.2 Å². The fourth-order valence-corrected chi connectivity index (χ4v) is 4.11. The third-order valence-electron chi connectivity index (χ3n) is 6.39. The van der Waals surface area contributed by atoms with E-state index in [0.29, 0.717) is 24.9 Å². The summed E-state index contributed by atoms with van der Waals surface area (Å²) in [6, 6.07) is 2.18. The second-order valence-corrected chi connectivity index (χ2v) is 9.65. The average molecular weight is 562 g/mol. The number of aliphatic carboxylic acids is 1. The number of amides is 4. The van der Waals surface area contributed by atoms with Crippen molar-refractivity contribution in [3.63, 3.8) is 0 Å². The van der Waals surface area contributed by atoms with E-state index in [-0.39, 0.29) is 25.7 Å². The Bertz CT molecular complexity index is 1180. The molecule has 14 nitrogen and oxygen atoms in total. The Labute approximate surface area is 231 Å². The summed E-state index contributed by atoms with van der Waals surface area (Å²) >= 11 is 0. The first-order valence-corrected chi connectivity index (χ1v) is 13.1. The lowest BCUT2D eigenvalue weighted by Crippen LogP contribution is -2.60. The van der Waals surface area contributed by atoms with Crippen LogP contribution >= 0.6 is 0 Å². The number of hydrogen-bond acceptors (Lipinski definition) is 8. The number of fused-ring (bicyclic) bond motifs is 1. The maximum absolute atomic E-state index is 13.4. The number of aliphatic hydroxyl groups excluding tert-OH is 1. The number of primary amides is 1. The molecule has 0 saturated heterocycles. The van der Waals surface area contributed by atoms with Gasteiger partial charge in [-0.15, -0.1) is 0 Å². The van der Waals surface area contributed by atoms with E-state index in [4.69, 9.17) is 17.2 Å². The van der Waals surface area contributed by atoms with Crippen molar-refractivity contribution in [2.45, 2.75) is 75.7 Å².